The van der Waals surface area contributed by atoms with Crippen molar-refractivity contribution in [3.63, 3.8) is 0 Å². The van der Waals surface area contributed by atoms with Crippen LogP contribution in [0.15, 0.2) is 48.5 Å². The lowest BCUT2D eigenvalue weighted by molar-refractivity contribution is 1.11. The van der Waals surface area contributed by atoms with Crippen LogP contribution in [0.25, 0.3) is 11.0 Å². The number of fused-ring (bicyclic) bond motifs is 1. The molecule has 0 saturated carbocycles. The number of anilines is 2. The van der Waals surface area contributed by atoms with E-state index in [4.69, 9.17) is 5.73 Å². The molecule has 1 heterocycles. The van der Waals surface area contributed by atoms with Crippen LogP contribution in [0.3, 0.4) is 0 Å². The second-order valence-electron chi connectivity index (χ2n) is 4.79. The highest BCUT2D eigenvalue weighted by atomic mass is 15.1. The van der Waals surface area contributed by atoms with E-state index in [0.29, 0.717) is 18.2 Å². The number of aromatic nitrogens is 2. The van der Waals surface area contributed by atoms with Crippen LogP contribution in [-0.2, 0) is 6.54 Å². The minimum atomic E-state index is 0.427. The number of nitrogens with zero attached hydrogens (tertiary/aromatic N) is 2. The van der Waals surface area contributed by atoms with Gasteiger partial charge in [0.15, 0.2) is 11.6 Å². The third kappa shape index (κ3) is 2.54. The van der Waals surface area contributed by atoms with E-state index < -0.39 is 0 Å². The van der Waals surface area contributed by atoms with E-state index in [0.717, 1.165) is 11.0 Å². The van der Waals surface area contributed by atoms with Crippen LogP contribution >= 0.6 is 0 Å². The average molecular weight is 264 g/mol. The second kappa shape index (κ2) is 5.17. The number of benzene rings is 2. The summed E-state index contributed by atoms with van der Waals surface area (Å²) in [6, 6.07) is 16.0. The zero-order valence-electron chi connectivity index (χ0n) is 11.3. The summed E-state index contributed by atoms with van der Waals surface area (Å²) < 4.78 is 0. The molecule has 3 aromatic rings. The molecule has 0 atom stereocenters. The van der Waals surface area contributed by atoms with Crippen LogP contribution in [0.5, 0.6) is 0 Å². The maximum Gasteiger partial charge on any atom is 0.169 e. The number of rotatable bonds is 3. The first-order valence-corrected chi connectivity index (χ1v) is 6.54. The Bertz CT molecular complexity index is 752. The van der Waals surface area contributed by atoms with Crippen molar-refractivity contribution in [2.24, 2.45) is 0 Å². The van der Waals surface area contributed by atoms with Crippen LogP contribution in [0, 0.1) is 6.92 Å². The van der Waals surface area contributed by atoms with Gasteiger partial charge in [-0.15, -0.1) is 0 Å². The fourth-order valence-electron chi connectivity index (χ4n) is 2.15. The average Bonchev–Trinajstić information content (AvgIpc) is 2.45. The van der Waals surface area contributed by atoms with E-state index in [1.54, 1.807) is 0 Å². The van der Waals surface area contributed by atoms with Crippen LogP contribution in [0.2, 0.25) is 0 Å². The fraction of sp³-hybridized carbons (Fsp3) is 0.125. The molecule has 0 unspecified atom stereocenters. The zero-order chi connectivity index (χ0) is 13.9. The molecule has 4 heteroatoms. The lowest BCUT2D eigenvalue weighted by atomic mass is 10.1. The van der Waals surface area contributed by atoms with Crippen molar-refractivity contribution in [1.29, 1.82) is 0 Å². The Kier molecular flexibility index (Phi) is 3.21. The molecule has 0 aliphatic heterocycles. The molecular formula is C16H16N4. The molecule has 20 heavy (non-hydrogen) atoms. The molecule has 100 valence electrons. The predicted octanol–water partition coefficient (Wildman–Crippen LogP) is 3.13. The minimum absolute atomic E-state index is 0.427. The summed E-state index contributed by atoms with van der Waals surface area (Å²) >= 11 is 0. The third-order valence-corrected chi connectivity index (χ3v) is 3.14. The SMILES string of the molecule is Cc1cccc(CNc2nc3ccccc3nc2N)c1. The van der Waals surface area contributed by atoms with Gasteiger partial charge in [0.05, 0.1) is 11.0 Å². The number of hydrogen-bond donors (Lipinski definition) is 2. The highest BCUT2D eigenvalue weighted by Gasteiger charge is 2.05. The van der Waals surface area contributed by atoms with Crippen molar-refractivity contribution in [1.82, 2.24) is 9.97 Å². The van der Waals surface area contributed by atoms with Crippen molar-refractivity contribution in [3.8, 4) is 0 Å². The summed E-state index contributed by atoms with van der Waals surface area (Å²) in [4.78, 5) is 8.87. The first-order chi connectivity index (χ1) is 9.72. The summed E-state index contributed by atoms with van der Waals surface area (Å²) in [7, 11) is 0. The molecule has 4 nitrogen and oxygen atoms in total. The molecule has 0 aliphatic rings. The smallest absolute Gasteiger partial charge is 0.169 e. The van der Waals surface area contributed by atoms with Gasteiger partial charge in [-0.05, 0) is 24.6 Å². The summed E-state index contributed by atoms with van der Waals surface area (Å²) in [6.07, 6.45) is 0. The molecule has 0 fully saturated rings. The molecule has 2 aromatic carbocycles. The Balaban J connectivity index is 1.85. The van der Waals surface area contributed by atoms with E-state index >= 15 is 0 Å². The number of nitrogens with one attached hydrogen (secondary N) is 1. The van der Waals surface area contributed by atoms with Crippen molar-refractivity contribution in [2.45, 2.75) is 13.5 Å². The van der Waals surface area contributed by atoms with Gasteiger partial charge in [0, 0.05) is 6.54 Å². The van der Waals surface area contributed by atoms with Gasteiger partial charge in [0.2, 0.25) is 0 Å². The Labute approximate surface area is 117 Å². The van der Waals surface area contributed by atoms with E-state index in [2.05, 4.69) is 40.4 Å². The largest absolute Gasteiger partial charge is 0.381 e. The van der Waals surface area contributed by atoms with Crippen molar-refractivity contribution in [3.05, 3.63) is 59.7 Å². The first-order valence-electron chi connectivity index (χ1n) is 6.54. The summed E-state index contributed by atoms with van der Waals surface area (Å²) in [5.74, 6) is 1.06. The Morgan fingerprint density at radius 2 is 1.75 bits per heavy atom. The molecule has 0 bridgehead atoms. The first kappa shape index (κ1) is 12.4. The zero-order valence-corrected chi connectivity index (χ0v) is 11.3. The van der Waals surface area contributed by atoms with Crippen LogP contribution in [-0.4, -0.2) is 9.97 Å². The molecule has 0 radical (unpaired) electrons. The Morgan fingerprint density at radius 3 is 2.50 bits per heavy atom. The normalized spacial score (nSPS) is 10.7. The quantitative estimate of drug-likeness (QED) is 0.763. The number of nitrogens with two attached hydrogens (primary N) is 1. The fourth-order valence-corrected chi connectivity index (χ4v) is 2.15. The highest BCUT2D eigenvalue weighted by Crippen LogP contribution is 2.19. The topological polar surface area (TPSA) is 63.8 Å². The monoisotopic (exact) mass is 264 g/mol. The van der Waals surface area contributed by atoms with Crippen LogP contribution in [0.4, 0.5) is 11.6 Å². The number of hydrogen-bond acceptors (Lipinski definition) is 4. The highest BCUT2D eigenvalue weighted by molar-refractivity contribution is 5.79. The number of aryl methyl sites for hydroxylation is 1. The van der Waals surface area contributed by atoms with Crippen LogP contribution in [0.1, 0.15) is 11.1 Å². The Hall–Kier alpha value is -2.62. The van der Waals surface area contributed by atoms with Gasteiger partial charge < -0.3 is 11.1 Å². The molecule has 3 rings (SSSR count). The molecule has 3 N–H and O–H groups in total. The maximum absolute atomic E-state index is 5.94. The van der Waals surface area contributed by atoms with Crippen molar-refractivity contribution in [2.75, 3.05) is 11.1 Å². The molecule has 0 saturated heterocycles. The molecule has 1 aromatic heterocycles. The summed E-state index contributed by atoms with van der Waals surface area (Å²) in [5.41, 5.74) is 10.0. The van der Waals surface area contributed by atoms with Gasteiger partial charge in [-0.1, -0.05) is 42.0 Å². The van der Waals surface area contributed by atoms with Crippen molar-refractivity contribution < 1.29 is 0 Å². The third-order valence-electron chi connectivity index (χ3n) is 3.14. The number of para-hydroxylation sites is 2. The summed E-state index contributed by atoms with van der Waals surface area (Å²) in [5, 5.41) is 3.25. The van der Waals surface area contributed by atoms with Crippen molar-refractivity contribution >= 4 is 22.7 Å². The van der Waals surface area contributed by atoms with Gasteiger partial charge in [0.25, 0.3) is 0 Å². The van der Waals surface area contributed by atoms with Gasteiger partial charge in [0.1, 0.15) is 0 Å². The second-order valence-corrected chi connectivity index (χ2v) is 4.79. The summed E-state index contributed by atoms with van der Waals surface area (Å²) in [6.45, 7) is 2.76. The molecule has 0 aliphatic carbocycles. The Morgan fingerprint density at radius 1 is 1.00 bits per heavy atom. The minimum Gasteiger partial charge on any atom is -0.381 e. The lowest BCUT2D eigenvalue weighted by Crippen LogP contribution is -2.06. The van der Waals surface area contributed by atoms with E-state index in [9.17, 15) is 0 Å². The molecule has 0 spiro atoms. The van der Waals surface area contributed by atoms with Crippen LogP contribution < -0.4 is 11.1 Å². The van der Waals surface area contributed by atoms with Gasteiger partial charge in [-0.3, -0.25) is 0 Å². The standard InChI is InChI=1S/C16H16N4/c1-11-5-4-6-12(9-11)10-18-16-15(17)19-13-7-2-3-8-14(13)20-16/h2-9H,10H2,1H3,(H2,17,19)(H,18,20). The van der Waals surface area contributed by atoms with E-state index in [-0.39, 0.29) is 0 Å². The lowest BCUT2D eigenvalue weighted by Gasteiger charge is -2.09. The van der Waals surface area contributed by atoms with Gasteiger partial charge in [-0.2, -0.15) is 0 Å². The van der Waals surface area contributed by atoms with E-state index in [1.165, 1.54) is 11.1 Å². The molecular weight excluding hydrogens is 248 g/mol. The van der Waals surface area contributed by atoms with Gasteiger partial charge in [-0.25, -0.2) is 9.97 Å². The molecule has 0 amide bonds. The van der Waals surface area contributed by atoms with E-state index in [1.807, 2.05) is 30.3 Å². The predicted molar refractivity (Wildman–Crippen MR) is 82.5 cm³/mol. The number of nitrogen functional groups attached to an aromatic ring is 1. The maximum atomic E-state index is 5.94. The van der Waals surface area contributed by atoms with Gasteiger partial charge >= 0.3 is 0 Å².